The van der Waals surface area contributed by atoms with Gasteiger partial charge in [-0.15, -0.1) is 0 Å². The van der Waals surface area contributed by atoms with Crippen molar-refractivity contribution in [3.63, 3.8) is 0 Å². The molecule has 1 N–H and O–H groups in total. The summed E-state index contributed by atoms with van der Waals surface area (Å²) in [5, 5.41) is 2.86. The smallest absolute Gasteiger partial charge is 0.264 e. The van der Waals surface area contributed by atoms with Crippen LogP contribution in [0.3, 0.4) is 0 Å². The number of sulfonamides is 1. The van der Waals surface area contributed by atoms with Gasteiger partial charge in [0.2, 0.25) is 11.8 Å². The van der Waals surface area contributed by atoms with Gasteiger partial charge in [0.05, 0.1) is 10.6 Å². The Hall–Kier alpha value is -3.65. The van der Waals surface area contributed by atoms with Gasteiger partial charge >= 0.3 is 0 Å². The standard InChI is InChI=1S/C29H35N3O4S/c1-22(2)30-29(34)24(4)31(20-19-25-11-7-5-8-12-25)28(33)21-32(26-17-15-23(3)16-18-26)37(35,36)27-13-9-6-10-14-27/h5-18,22,24H,19-21H2,1-4H3,(H,30,34)/t24-/m0/s1. The van der Waals surface area contributed by atoms with Gasteiger partial charge in [0.15, 0.2) is 0 Å². The lowest BCUT2D eigenvalue weighted by Crippen LogP contribution is -2.53. The quantitative estimate of drug-likeness (QED) is 0.410. The minimum Gasteiger partial charge on any atom is -0.352 e. The van der Waals surface area contributed by atoms with E-state index in [2.05, 4.69) is 5.32 Å². The number of hydrogen-bond donors (Lipinski definition) is 1. The Bertz CT molecular complexity index is 1280. The van der Waals surface area contributed by atoms with Crippen molar-refractivity contribution in [3.05, 3.63) is 96.1 Å². The first-order valence-corrected chi connectivity index (χ1v) is 13.8. The summed E-state index contributed by atoms with van der Waals surface area (Å²) < 4.78 is 28.5. The molecule has 0 aliphatic rings. The molecule has 0 fully saturated rings. The normalized spacial score (nSPS) is 12.1. The monoisotopic (exact) mass is 521 g/mol. The van der Waals surface area contributed by atoms with Crippen LogP contribution in [0.15, 0.2) is 89.8 Å². The van der Waals surface area contributed by atoms with Crippen LogP contribution in [0.5, 0.6) is 0 Å². The number of anilines is 1. The molecule has 0 spiro atoms. The number of rotatable bonds is 11. The van der Waals surface area contributed by atoms with E-state index in [1.165, 1.54) is 17.0 Å². The van der Waals surface area contributed by atoms with Crippen LogP contribution in [-0.4, -0.2) is 50.3 Å². The molecule has 3 aromatic rings. The molecule has 3 aromatic carbocycles. The number of hydrogen-bond acceptors (Lipinski definition) is 4. The van der Waals surface area contributed by atoms with E-state index < -0.39 is 28.5 Å². The molecule has 7 nitrogen and oxygen atoms in total. The predicted molar refractivity (Wildman–Crippen MR) is 147 cm³/mol. The highest BCUT2D eigenvalue weighted by Crippen LogP contribution is 2.24. The van der Waals surface area contributed by atoms with E-state index in [9.17, 15) is 18.0 Å². The van der Waals surface area contributed by atoms with Crippen LogP contribution >= 0.6 is 0 Å². The summed E-state index contributed by atoms with van der Waals surface area (Å²) >= 11 is 0. The van der Waals surface area contributed by atoms with Crippen LogP contribution in [0.4, 0.5) is 5.69 Å². The molecule has 0 aliphatic carbocycles. The highest BCUT2D eigenvalue weighted by Gasteiger charge is 2.32. The Labute approximate surface area is 220 Å². The molecule has 0 radical (unpaired) electrons. The fourth-order valence-electron chi connectivity index (χ4n) is 3.93. The molecule has 3 rings (SSSR count). The second-order valence-electron chi connectivity index (χ2n) is 9.32. The van der Waals surface area contributed by atoms with E-state index in [4.69, 9.17) is 0 Å². The number of aryl methyl sites for hydroxylation is 1. The zero-order valence-electron chi connectivity index (χ0n) is 21.8. The summed E-state index contributed by atoms with van der Waals surface area (Å²) in [5.41, 5.74) is 2.37. The summed E-state index contributed by atoms with van der Waals surface area (Å²) in [7, 11) is -4.04. The van der Waals surface area contributed by atoms with Gasteiger partial charge in [-0.25, -0.2) is 8.42 Å². The molecule has 8 heteroatoms. The first-order chi connectivity index (χ1) is 17.6. The van der Waals surface area contributed by atoms with Gasteiger partial charge in [-0.3, -0.25) is 13.9 Å². The zero-order valence-corrected chi connectivity index (χ0v) is 22.6. The topological polar surface area (TPSA) is 86.8 Å². The summed E-state index contributed by atoms with van der Waals surface area (Å²) in [6, 6.07) is 23.8. The van der Waals surface area contributed by atoms with E-state index >= 15 is 0 Å². The number of nitrogens with zero attached hydrogens (tertiary/aromatic N) is 2. The van der Waals surface area contributed by atoms with Gasteiger partial charge in [-0.2, -0.15) is 0 Å². The molecular weight excluding hydrogens is 486 g/mol. The second-order valence-corrected chi connectivity index (χ2v) is 11.2. The Morgan fingerprint density at radius 2 is 1.41 bits per heavy atom. The van der Waals surface area contributed by atoms with Crippen molar-refractivity contribution in [1.29, 1.82) is 0 Å². The highest BCUT2D eigenvalue weighted by molar-refractivity contribution is 7.92. The number of nitrogens with one attached hydrogen (secondary N) is 1. The number of carbonyl (C=O) groups excluding carboxylic acids is 2. The van der Waals surface area contributed by atoms with Gasteiger partial charge in [0.25, 0.3) is 10.0 Å². The first kappa shape index (κ1) is 27.9. The number of amides is 2. The lowest BCUT2D eigenvalue weighted by atomic mass is 10.1. The predicted octanol–water partition coefficient (Wildman–Crippen LogP) is 4.17. The van der Waals surface area contributed by atoms with Crippen LogP contribution in [-0.2, 0) is 26.0 Å². The Kier molecular flexibility index (Phi) is 9.47. The van der Waals surface area contributed by atoms with E-state index in [1.807, 2.05) is 51.1 Å². The molecule has 37 heavy (non-hydrogen) atoms. The van der Waals surface area contributed by atoms with E-state index in [-0.39, 0.29) is 23.4 Å². The molecule has 0 heterocycles. The van der Waals surface area contributed by atoms with E-state index in [0.717, 1.165) is 15.4 Å². The molecule has 0 saturated carbocycles. The summed E-state index contributed by atoms with van der Waals surface area (Å²) in [6.45, 7) is 7.11. The van der Waals surface area contributed by atoms with Crippen LogP contribution in [0.2, 0.25) is 0 Å². The van der Waals surface area contributed by atoms with Crippen molar-refractivity contribution < 1.29 is 18.0 Å². The van der Waals surface area contributed by atoms with Gasteiger partial charge in [-0.05, 0) is 63.9 Å². The lowest BCUT2D eigenvalue weighted by molar-refractivity contribution is -0.139. The fraction of sp³-hybridized carbons (Fsp3) is 0.310. The number of benzene rings is 3. The zero-order chi connectivity index (χ0) is 27.0. The van der Waals surface area contributed by atoms with Crippen molar-refractivity contribution in [3.8, 4) is 0 Å². The lowest BCUT2D eigenvalue weighted by Gasteiger charge is -2.32. The minimum absolute atomic E-state index is 0.0878. The van der Waals surface area contributed by atoms with Crippen molar-refractivity contribution in [2.24, 2.45) is 0 Å². The van der Waals surface area contributed by atoms with E-state index in [1.54, 1.807) is 49.4 Å². The Balaban J connectivity index is 1.95. The average molecular weight is 522 g/mol. The third-order valence-electron chi connectivity index (χ3n) is 6.01. The third-order valence-corrected chi connectivity index (χ3v) is 7.80. The van der Waals surface area contributed by atoms with Crippen molar-refractivity contribution in [2.75, 3.05) is 17.4 Å². The molecule has 0 aliphatic heterocycles. The maximum Gasteiger partial charge on any atom is 0.264 e. The molecule has 0 saturated heterocycles. The van der Waals surface area contributed by atoms with Crippen LogP contribution in [0.25, 0.3) is 0 Å². The van der Waals surface area contributed by atoms with E-state index in [0.29, 0.717) is 12.1 Å². The molecule has 0 aromatic heterocycles. The Morgan fingerprint density at radius 3 is 1.97 bits per heavy atom. The van der Waals surface area contributed by atoms with Crippen LogP contribution < -0.4 is 9.62 Å². The van der Waals surface area contributed by atoms with Gasteiger partial charge in [0, 0.05) is 12.6 Å². The summed E-state index contributed by atoms with van der Waals surface area (Å²) in [4.78, 5) is 28.2. The summed E-state index contributed by atoms with van der Waals surface area (Å²) in [6.07, 6.45) is 0.530. The second kappa shape index (κ2) is 12.5. The van der Waals surface area contributed by atoms with Crippen molar-refractivity contribution in [1.82, 2.24) is 10.2 Å². The molecule has 1 atom stereocenters. The fourth-order valence-corrected chi connectivity index (χ4v) is 5.37. The first-order valence-electron chi connectivity index (χ1n) is 12.4. The van der Waals surface area contributed by atoms with Gasteiger partial charge in [0.1, 0.15) is 12.6 Å². The van der Waals surface area contributed by atoms with Crippen LogP contribution in [0.1, 0.15) is 31.9 Å². The molecule has 196 valence electrons. The van der Waals surface area contributed by atoms with Crippen LogP contribution in [0, 0.1) is 6.92 Å². The molecule has 0 unspecified atom stereocenters. The van der Waals surface area contributed by atoms with Gasteiger partial charge < -0.3 is 10.2 Å². The molecule has 0 bridgehead atoms. The van der Waals surface area contributed by atoms with Gasteiger partial charge in [-0.1, -0.05) is 66.2 Å². The Morgan fingerprint density at radius 1 is 0.838 bits per heavy atom. The highest BCUT2D eigenvalue weighted by atomic mass is 32.2. The SMILES string of the molecule is Cc1ccc(N(CC(=O)N(CCc2ccccc2)[C@@H](C)C(=O)NC(C)C)S(=O)(=O)c2ccccc2)cc1. The summed E-state index contributed by atoms with van der Waals surface area (Å²) in [5.74, 6) is -0.744. The minimum atomic E-state index is -4.04. The third kappa shape index (κ3) is 7.43. The van der Waals surface area contributed by atoms with Crippen molar-refractivity contribution in [2.45, 2.75) is 51.1 Å². The van der Waals surface area contributed by atoms with Crippen molar-refractivity contribution >= 4 is 27.5 Å². The maximum atomic E-state index is 13.8. The average Bonchev–Trinajstić information content (AvgIpc) is 2.88. The number of carbonyl (C=O) groups is 2. The maximum absolute atomic E-state index is 13.8. The molecule has 2 amide bonds. The molecular formula is C29H35N3O4S. The largest absolute Gasteiger partial charge is 0.352 e.